The van der Waals surface area contributed by atoms with Crippen LogP contribution in [-0.4, -0.2) is 36.5 Å². The van der Waals surface area contributed by atoms with Crippen molar-refractivity contribution in [1.29, 1.82) is 0 Å². The van der Waals surface area contributed by atoms with Crippen LogP contribution in [0.1, 0.15) is 35.8 Å². The van der Waals surface area contributed by atoms with Crippen molar-refractivity contribution in [3.8, 4) is 5.75 Å². The summed E-state index contributed by atoms with van der Waals surface area (Å²) in [6.07, 6.45) is 2.42. The first kappa shape index (κ1) is 16.3. The molecule has 3 N–H and O–H groups in total. The molecule has 24 heavy (non-hydrogen) atoms. The average molecular weight is 333 g/mol. The van der Waals surface area contributed by atoms with E-state index in [1.165, 1.54) is 20.1 Å². The van der Waals surface area contributed by atoms with E-state index in [9.17, 15) is 14.0 Å². The molecule has 6 nitrogen and oxygen atoms in total. The number of methoxy groups -OCH3 is 1. The highest BCUT2D eigenvalue weighted by atomic mass is 19.1. The summed E-state index contributed by atoms with van der Waals surface area (Å²) in [6.45, 7) is 1.83. The molecule has 0 bridgehead atoms. The fourth-order valence-corrected chi connectivity index (χ4v) is 2.71. The van der Waals surface area contributed by atoms with Gasteiger partial charge in [-0.1, -0.05) is 0 Å². The Morgan fingerprint density at radius 2 is 2.12 bits per heavy atom. The zero-order chi connectivity index (χ0) is 17.3. The number of carbonyl (C=O) groups excluding carboxylic acids is 2. The number of hydrogen-bond donors (Lipinski definition) is 3. The van der Waals surface area contributed by atoms with E-state index in [-0.39, 0.29) is 23.6 Å². The van der Waals surface area contributed by atoms with Gasteiger partial charge in [-0.25, -0.2) is 4.39 Å². The molecule has 1 aliphatic rings. The topological polar surface area (TPSA) is 83.2 Å². The third kappa shape index (κ3) is 3.34. The number of aromatic nitrogens is 1. The van der Waals surface area contributed by atoms with Crippen LogP contribution in [0.3, 0.4) is 0 Å². The molecule has 1 aliphatic carbocycles. The fourth-order valence-electron chi connectivity index (χ4n) is 2.71. The highest BCUT2D eigenvalue weighted by Crippen LogP contribution is 2.30. The highest BCUT2D eigenvalue weighted by molar-refractivity contribution is 6.01. The van der Waals surface area contributed by atoms with Crippen molar-refractivity contribution in [1.82, 2.24) is 15.6 Å². The predicted octanol–water partition coefficient (Wildman–Crippen LogP) is 1.89. The van der Waals surface area contributed by atoms with Crippen LogP contribution in [0.5, 0.6) is 5.75 Å². The van der Waals surface area contributed by atoms with E-state index in [0.29, 0.717) is 24.2 Å². The molecule has 0 spiro atoms. The van der Waals surface area contributed by atoms with Crippen molar-refractivity contribution in [3.05, 3.63) is 29.2 Å². The number of aromatic amines is 1. The second kappa shape index (κ2) is 6.51. The van der Waals surface area contributed by atoms with E-state index in [2.05, 4.69) is 15.6 Å². The van der Waals surface area contributed by atoms with Gasteiger partial charge in [0.25, 0.3) is 5.91 Å². The monoisotopic (exact) mass is 333 g/mol. The molecule has 1 heterocycles. The Morgan fingerprint density at radius 1 is 1.38 bits per heavy atom. The highest BCUT2D eigenvalue weighted by Gasteiger charge is 2.26. The summed E-state index contributed by atoms with van der Waals surface area (Å²) in [7, 11) is 1.40. The van der Waals surface area contributed by atoms with Gasteiger partial charge in [0, 0.05) is 36.5 Å². The second-order valence-corrected chi connectivity index (χ2v) is 5.99. The molecule has 128 valence electrons. The van der Waals surface area contributed by atoms with Gasteiger partial charge < -0.3 is 20.4 Å². The summed E-state index contributed by atoms with van der Waals surface area (Å²) in [5, 5.41) is 6.37. The number of carbonyl (C=O) groups is 2. The van der Waals surface area contributed by atoms with E-state index in [1.807, 2.05) is 0 Å². The molecule has 0 radical (unpaired) electrons. The lowest BCUT2D eigenvalue weighted by Gasteiger charge is -2.07. The molecular weight excluding hydrogens is 313 g/mol. The molecule has 1 saturated carbocycles. The van der Waals surface area contributed by atoms with Gasteiger partial charge in [0.15, 0.2) is 11.6 Å². The summed E-state index contributed by atoms with van der Waals surface area (Å²) in [4.78, 5) is 26.6. The number of benzene rings is 1. The van der Waals surface area contributed by atoms with Gasteiger partial charge >= 0.3 is 0 Å². The normalized spacial score (nSPS) is 13.8. The minimum Gasteiger partial charge on any atom is -0.494 e. The number of amides is 2. The molecule has 3 rings (SSSR count). The van der Waals surface area contributed by atoms with Gasteiger partial charge in [-0.2, -0.15) is 0 Å². The third-order valence-electron chi connectivity index (χ3n) is 4.07. The minimum atomic E-state index is -0.492. The lowest BCUT2D eigenvalue weighted by atomic mass is 10.1. The molecule has 1 aromatic carbocycles. The van der Waals surface area contributed by atoms with Crippen LogP contribution in [0, 0.1) is 5.82 Å². The van der Waals surface area contributed by atoms with Crippen LogP contribution < -0.4 is 15.4 Å². The summed E-state index contributed by atoms with van der Waals surface area (Å²) >= 11 is 0. The van der Waals surface area contributed by atoms with E-state index in [4.69, 9.17) is 4.74 Å². The maximum atomic E-state index is 13.9. The van der Waals surface area contributed by atoms with E-state index >= 15 is 0 Å². The maximum Gasteiger partial charge on any atom is 0.268 e. The smallest absolute Gasteiger partial charge is 0.268 e. The first-order valence-electron chi connectivity index (χ1n) is 7.93. The fraction of sp³-hybridized carbons (Fsp3) is 0.412. The quantitative estimate of drug-likeness (QED) is 0.755. The van der Waals surface area contributed by atoms with Gasteiger partial charge in [-0.3, -0.25) is 9.59 Å². The van der Waals surface area contributed by atoms with E-state index in [0.717, 1.165) is 23.8 Å². The van der Waals surface area contributed by atoms with Crippen molar-refractivity contribution < 1.29 is 18.7 Å². The van der Waals surface area contributed by atoms with Gasteiger partial charge in [-0.05, 0) is 30.9 Å². The molecule has 1 aromatic heterocycles. The minimum absolute atomic E-state index is 0.122. The summed E-state index contributed by atoms with van der Waals surface area (Å²) in [5.41, 5.74) is 1.69. The summed E-state index contributed by atoms with van der Waals surface area (Å²) in [5.74, 6) is -0.710. The first-order chi connectivity index (χ1) is 11.5. The number of halogens is 1. The van der Waals surface area contributed by atoms with Crippen LogP contribution >= 0.6 is 0 Å². The van der Waals surface area contributed by atoms with E-state index < -0.39 is 5.82 Å². The maximum absolute atomic E-state index is 13.9. The standard InChI is InChI=1S/C17H20FN3O3/c1-9(22)19-6-5-11-12-7-15(24-2)13(18)8-14(12)21-16(11)17(23)20-10-3-4-10/h7-8,10,21H,3-6H2,1-2H3,(H,19,22)(H,20,23). The first-order valence-corrected chi connectivity index (χ1v) is 7.93. The molecular formula is C17H20FN3O3. The zero-order valence-corrected chi connectivity index (χ0v) is 13.7. The SMILES string of the molecule is COc1cc2c(CCNC(C)=O)c(C(=O)NC3CC3)[nH]c2cc1F. The third-order valence-corrected chi connectivity index (χ3v) is 4.07. The van der Waals surface area contributed by atoms with Crippen molar-refractivity contribution in [3.63, 3.8) is 0 Å². The van der Waals surface area contributed by atoms with Crippen molar-refractivity contribution in [2.45, 2.75) is 32.2 Å². The van der Waals surface area contributed by atoms with Crippen molar-refractivity contribution in [2.24, 2.45) is 0 Å². The van der Waals surface area contributed by atoms with Crippen LogP contribution in [0.2, 0.25) is 0 Å². The van der Waals surface area contributed by atoms with Crippen LogP contribution in [0.4, 0.5) is 4.39 Å². The molecule has 0 aliphatic heterocycles. The molecule has 2 aromatic rings. The number of H-pyrrole nitrogens is 1. The average Bonchev–Trinajstić information content (AvgIpc) is 3.27. The summed E-state index contributed by atoms with van der Waals surface area (Å²) < 4.78 is 19.0. The van der Waals surface area contributed by atoms with Crippen molar-refractivity contribution in [2.75, 3.05) is 13.7 Å². The molecule has 0 saturated heterocycles. The molecule has 2 amide bonds. The Hall–Kier alpha value is -2.57. The van der Waals surface area contributed by atoms with Crippen LogP contribution in [-0.2, 0) is 11.2 Å². The number of rotatable bonds is 6. The van der Waals surface area contributed by atoms with Gasteiger partial charge in [0.1, 0.15) is 5.69 Å². The molecule has 7 heteroatoms. The van der Waals surface area contributed by atoms with Crippen molar-refractivity contribution >= 4 is 22.7 Å². The Morgan fingerprint density at radius 3 is 2.75 bits per heavy atom. The zero-order valence-electron chi connectivity index (χ0n) is 13.7. The largest absolute Gasteiger partial charge is 0.494 e. The lowest BCUT2D eigenvalue weighted by molar-refractivity contribution is -0.118. The van der Waals surface area contributed by atoms with Crippen LogP contribution in [0.25, 0.3) is 10.9 Å². The number of fused-ring (bicyclic) bond motifs is 1. The predicted molar refractivity (Wildman–Crippen MR) is 87.7 cm³/mol. The molecule has 0 atom stereocenters. The lowest BCUT2D eigenvalue weighted by Crippen LogP contribution is -2.28. The second-order valence-electron chi connectivity index (χ2n) is 5.99. The Labute approximate surface area is 138 Å². The number of ether oxygens (including phenoxy) is 1. The molecule has 0 unspecified atom stereocenters. The van der Waals surface area contributed by atoms with Gasteiger partial charge in [-0.15, -0.1) is 0 Å². The Balaban J connectivity index is 1.99. The van der Waals surface area contributed by atoms with E-state index in [1.54, 1.807) is 6.07 Å². The Kier molecular flexibility index (Phi) is 4.42. The van der Waals surface area contributed by atoms with Gasteiger partial charge in [0.05, 0.1) is 7.11 Å². The number of hydrogen-bond acceptors (Lipinski definition) is 3. The molecule has 1 fully saturated rings. The summed E-state index contributed by atoms with van der Waals surface area (Å²) in [6, 6.07) is 3.13. The Bertz CT molecular complexity index is 796. The van der Waals surface area contributed by atoms with Gasteiger partial charge in [0.2, 0.25) is 5.91 Å². The van der Waals surface area contributed by atoms with Crippen LogP contribution in [0.15, 0.2) is 12.1 Å². The number of nitrogens with one attached hydrogen (secondary N) is 3.